The second-order valence-corrected chi connectivity index (χ2v) is 8.59. The van der Waals surface area contributed by atoms with Crippen LogP contribution in [0.25, 0.3) is 0 Å². The fourth-order valence-corrected chi connectivity index (χ4v) is 4.72. The second kappa shape index (κ2) is 9.58. The Kier molecular flexibility index (Phi) is 7.16. The molecule has 3 aliphatic rings. The minimum atomic E-state index is 0.862. The molecule has 0 radical (unpaired) electrons. The molecule has 0 N–H and O–H groups in total. The van der Waals surface area contributed by atoms with E-state index in [2.05, 4.69) is 43.9 Å². The first-order chi connectivity index (χ1) is 12.7. The van der Waals surface area contributed by atoms with Gasteiger partial charge in [0.15, 0.2) is 0 Å². The zero-order valence-corrected chi connectivity index (χ0v) is 17.3. The van der Waals surface area contributed by atoms with Gasteiger partial charge in [0.05, 0.1) is 5.71 Å². The van der Waals surface area contributed by atoms with Crippen LogP contribution in [0, 0.1) is 11.8 Å². The molecule has 0 aromatic rings. The highest BCUT2D eigenvalue weighted by Crippen LogP contribution is 2.36. The summed E-state index contributed by atoms with van der Waals surface area (Å²) < 4.78 is 0. The Morgan fingerprint density at radius 3 is 2.46 bits per heavy atom. The van der Waals surface area contributed by atoms with Crippen molar-refractivity contribution < 1.29 is 0 Å². The van der Waals surface area contributed by atoms with Gasteiger partial charge in [0.2, 0.25) is 0 Å². The van der Waals surface area contributed by atoms with Crippen molar-refractivity contribution in [1.29, 1.82) is 0 Å². The third-order valence-corrected chi connectivity index (χ3v) is 6.39. The third kappa shape index (κ3) is 4.90. The SMILES string of the molecule is C/C=C1\C(CC2CCC(C)CC2)=CC(N2CCCCC2)=CC1=NCCC. The van der Waals surface area contributed by atoms with Gasteiger partial charge in [0.25, 0.3) is 0 Å². The zero-order chi connectivity index (χ0) is 18.4. The van der Waals surface area contributed by atoms with Gasteiger partial charge in [-0.2, -0.15) is 0 Å². The maximum absolute atomic E-state index is 4.96. The molecule has 0 atom stereocenters. The van der Waals surface area contributed by atoms with Crippen LogP contribution in [0.3, 0.4) is 0 Å². The number of likely N-dealkylation sites (tertiary alicyclic amines) is 1. The molecule has 2 aliphatic carbocycles. The van der Waals surface area contributed by atoms with Gasteiger partial charge in [-0.05, 0) is 87.0 Å². The summed E-state index contributed by atoms with van der Waals surface area (Å²) in [5.41, 5.74) is 5.60. The normalized spacial score (nSPS) is 30.5. The maximum atomic E-state index is 4.96. The van der Waals surface area contributed by atoms with Gasteiger partial charge in [-0.15, -0.1) is 0 Å². The van der Waals surface area contributed by atoms with Crippen LogP contribution in [0.15, 0.2) is 40.1 Å². The van der Waals surface area contributed by atoms with E-state index in [4.69, 9.17) is 4.99 Å². The molecule has 0 spiro atoms. The van der Waals surface area contributed by atoms with E-state index in [0.717, 1.165) is 24.8 Å². The Labute approximate surface area is 161 Å². The molecule has 144 valence electrons. The van der Waals surface area contributed by atoms with Crippen LogP contribution >= 0.6 is 0 Å². The standard InChI is InChI=1S/C24H38N2/c1-4-13-25-24-18-22(26-14-7-6-8-15-26)17-21(23(24)5-2)16-20-11-9-19(3)10-12-20/h5,17-20H,4,6-16H2,1-3H3/b23-5+,25-24?. The van der Waals surface area contributed by atoms with Gasteiger partial charge in [-0.25, -0.2) is 0 Å². The average molecular weight is 355 g/mol. The van der Waals surface area contributed by atoms with Gasteiger partial charge in [0.1, 0.15) is 0 Å². The van der Waals surface area contributed by atoms with E-state index < -0.39 is 0 Å². The van der Waals surface area contributed by atoms with Crippen LogP contribution in [0.1, 0.15) is 78.6 Å². The van der Waals surface area contributed by atoms with Crippen molar-refractivity contribution in [3.05, 3.63) is 35.1 Å². The van der Waals surface area contributed by atoms with Crippen molar-refractivity contribution >= 4 is 5.71 Å². The lowest BCUT2D eigenvalue weighted by Crippen LogP contribution is -2.30. The number of hydrogen-bond donors (Lipinski definition) is 0. The molecule has 2 fully saturated rings. The van der Waals surface area contributed by atoms with E-state index in [1.807, 2.05) is 0 Å². The smallest absolute Gasteiger partial charge is 0.0666 e. The van der Waals surface area contributed by atoms with E-state index in [0.29, 0.717) is 0 Å². The van der Waals surface area contributed by atoms with Gasteiger partial charge < -0.3 is 4.90 Å². The Balaban J connectivity index is 1.83. The molecular weight excluding hydrogens is 316 g/mol. The summed E-state index contributed by atoms with van der Waals surface area (Å²) in [4.78, 5) is 7.56. The van der Waals surface area contributed by atoms with Crippen molar-refractivity contribution in [3.8, 4) is 0 Å². The van der Waals surface area contributed by atoms with Gasteiger partial charge in [0, 0.05) is 25.3 Å². The van der Waals surface area contributed by atoms with E-state index in [1.54, 1.807) is 5.57 Å². The minimum absolute atomic E-state index is 0.862. The Hall–Kier alpha value is -1.31. The molecule has 0 aromatic carbocycles. The Morgan fingerprint density at radius 1 is 1.08 bits per heavy atom. The summed E-state index contributed by atoms with van der Waals surface area (Å²) in [5, 5.41) is 0. The Morgan fingerprint density at radius 2 is 1.81 bits per heavy atom. The highest BCUT2D eigenvalue weighted by molar-refractivity contribution is 6.13. The monoisotopic (exact) mass is 354 g/mol. The largest absolute Gasteiger partial charge is 0.371 e. The molecule has 2 nitrogen and oxygen atoms in total. The number of hydrogen-bond acceptors (Lipinski definition) is 2. The number of aliphatic imine (C=N–C) groups is 1. The van der Waals surface area contributed by atoms with Crippen molar-refractivity contribution in [2.75, 3.05) is 19.6 Å². The van der Waals surface area contributed by atoms with E-state index >= 15 is 0 Å². The first-order valence-corrected chi connectivity index (χ1v) is 11.1. The molecule has 0 amide bonds. The topological polar surface area (TPSA) is 15.6 Å². The van der Waals surface area contributed by atoms with Crippen LogP contribution in [0.2, 0.25) is 0 Å². The van der Waals surface area contributed by atoms with Crippen molar-refractivity contribution in [2.24, 2.45) is 16.8 Å². The van der Waals surface area contributed by atoms with E-state index in [1.165, 1.54) is 81.4 Å². The second-order valence-electron chi connectivity index (χ2n) is 8.59. The third-order valence-electron chi connectivity index (χ3n) is 6.39. The summed E-state index contributed by atoms with van der Waals surface area (Å²) in [6.45, 7) is 10.2. The number of rotatable bonds is 5. The molecule has 0 bridgehead atoms. The number of piperidine rings is 1. The molecule has 1 saturated carbocycles. The average Bonchev–Trinajstić information content (AvgIpc) is 2.68. The first-order valence-electron chi connectivity index (χ1n) is 11.1. The lowest BCUT2D eigenvalue weighted by molar-refractivity contribution is 0.286. The van der Waals surface area contributed by atoms with Crippen LogP contribution < -0.4 is 0 Å². The van der Waals surface area contributed by atoms with Gasteiger partial charge in [-0.3, -0.25) is 4.99 Å². The number of allylic oxidation sites excluding steroid dienone is 5. The van der Waals surface area contributed by atoms with Crippen LogP contribution in [-0.4, -0.2) is 30.2 Å². The predicted molar refractivity (Wildman–Crippen MR) is 114 cm³/mol. The predicted octanol–water partition coefficient (Wildman–Crippen LogP) is 6.31. The highest BCUT2D eigenvalue weighted by Gasteiger charge is 2.25. The lowest BCUT2D eigenvalue weighted by atomic mass is 9.77. The fourth-order valence-electron chi connectivity index (χ4n) is 4.72. The first kappa shape index (κ1) is 19.5. The maximum Gasteiger partial charge on any atom is 0.0666 e. The Bertz CT molecular complexity index is 579. The highest BCUT2D eigenvalue weighted by atomic mass is 15.1. The van der Waals surface area contributed by atoms with Gasteiger partial charge in [-0.1, -0.05) is 32.8 Å². The molecule has 3 rings (SSSR count). The summed E-state index contributed by atoms with van der Waals surface area (Å²) in [5.74, 6) is 1.79. The molecule has 0 aromatic heterocycles. The summed E-state index contributed by atoms with van der Waals surface area (Å²) in [6.07, 6.45) is 19.2. The van der Waals surface area contributed by atoms with Crippen LogP contribution in [0.5, 0.6) is 0 Å². The molecule has 0 unspecified atom stereocenters. The summed E-state index contributed by atoms with van der Waals surface area (Å²) in [6, 6.07) is 0. The quantitative estimate of drug-likeness (QED) is 0.565. The van der Waals surface area contributed by atoms with E-state index in [9.17, 15) is 0 Å². The molecule has 26 heavy (non-hydrogen) atoms. The van der Waals surface area contributed by atoms with Crippen LogP contribution in [0.4, 0.5) is 0 Å². The lowest BCUT2D eigenvalue weighted by Gasteiger charge is -2.34. The minimum Gasteiger partial charge on any atom is -0.371 e. The zero-order valence-electron chi connectivity index (χ0n) is 17.3. The van der Waals surface area contributed by atoms with Crippen molar-refractivity contribution in [3.63, 3.8) is 0 Å². The van der Waals surface area contributed by atoms with E-state index in [-0.39, 0.29) is 0 Å². The van der Waals surface area contributed by atoms with Gasteiger partial charge >= 0.3 is 0 Å². The van der Waals surface area contributed by atoms with Crippen molar-refractivity contribution in [1.82, 2.24) is 4.90 Å². The van der Waals surface area contributed by atoms with Crippen molar-refractivity contribution in [2.45, 2.75) is 78.6 Å². The van der Waals surface area contributed by atoms with Crippen LogP contribution in [-0.2, 0) is 0 Å². The summed E-state index contributed by atoms with van der Waals surface area (Å²) >= 11 is 0. The number of nitrogens with zero attached hydrogens (tertiary/aromatic N) is 2. The molecule has 1 saturated heterocycles. The molecule has 2 heteroatoms. The fraction of sp³-hybridized carbons (Fsp3) is 0.708. The molecular formula is C24H38N2. The molecule has 1 heterocycles. The molecule has 1 aliphatic heterocycles. The summed E-state index contributed by atoms with van der Waals surface area (Å²) in [7, 11) is 0.